The Bertz CT molecular complexity index is 1160. The van der Waals surface area contributed by atoms with Crippen molar-refractivity contribution >= 4 is 34.9 Å². The highest BCUT2D eigenvalue weighted by Crippen LogP contribution is 2.17. The van der Waals surface area contributed by atoms with Crippen molar-refractivity contribution in [2.75, 3.05) is 36.8 Å². The van der Waals surface area contributed by atoms with Crippen LogP contribution in [0.25, 0.3) is 0 Å². The SMILES string of the molecule is O=C(Nc1ccc(NC(=O)c2ccc(C3=NCCN3)cc2)cc1)c1ccc(C2=NCCN2)cc1. The first kappa shape index (κ1) is 21.4. The number of nitrogens with zero attached hydrogens (tertiary/aromatic N) is 2. The highest BCUT2D eigenvalue weighted by atomic mass is 16.2. The lowest BCUT2D eigenvalue weighted by atomic mass is 10.1. The second kappa shape index (κ2) is 9.58. The third-order valence-electron chi connectivity index (χ3n) is 5.59. The minimum Gasteiger partial charge on any atom is -0.368 e. The molecule has 8 nitrogen and oxygen atoms in total. The third-order valence-corrected chi connectivity index (χ3v) is 5.59. The first-order valence-corrected chi connectivity index (χ1v) is 11.2. The predicted octanol–water partition coefficient (Wildman–Crippen LogP) is 2.89. The van der Waals surface area contributed by atoms with Crippen molar-refractivity contribution in [3.05, 3.63) is 95.1 Å². The molecule has 0 unspecified atom stereocenters. The molecule has 2 aliphatic rings. The second-order valence-electron chi connectivity index (χ2n) is 7.95. The van der Waals surface area contributed by atoms with E-state index in [-0.39, 0.29) is 11.8 Å². The van der Waals surface area contributed by atoms with Gasteiger partial charge in [0.2, 0.25) is 0 Å². The lowest BCUT2D eigenvalue weighted by molar-refractivity contribution is 0.101. The summed E-state index contributed by atoms with van der Waals surface area (Å²) in [5.74, 6) is 1.32. The van der Waals surface area contributed by atoms with Crippen LogP contribution in [0, 0.1) is 0 Å². The number of aliphatic imine (C=N–C) groups is 2. The molecule has 170 valence electrons. The van der Waals surface area contributed by atoms with Gasteiger partial charge in [-0.15, -0.1) is 0 Å². The van der Waals surface area contributed by atoms with Crippen LogP contribution < -0.4 is 21.3 Å². The van der Waals surface area contributed by atoms with Crippen LogP contribution in [-0.2, 0) is 0 Å². The highest BCUT2D eigenvalue weighted by molar-refractivity contribution is 6.07. The van der Waals surface area contributed by atoms with Gasteiger partial charge in [-0.05, 0) is 48.5 Å². The molecule has 0 atom stereocenters. The average Bonchev–Trinajstić information content (AvgIpc) is 3.60. The van der Waals surface area contributed by atoms with Crippen LogP contribution in [0.5, 0.6) is 0 Å². The topological polar surface area (TPSA) is 107 Å². The van der Waals surface area contributed by atoms with Gasteiger partial charge in [0.05, 0.1) is 13.1 Å². The van der Waals surface area contributed by atoms with Crippen molar-refractivity contribution in [1.82, 2.24) is 10.6 Å². The fraction of sp³-hybridized carbons (Fsp3) is 0.154. The van der Waals surface area contributed by atoms with Gasteiger partial charge in [0.15, 0.2) is 0 Å². The maximum atomic E-state index is 12.6. The van der Waals surface area contributed by atoms with E-state index in [4.69, 9.17) is 0 Å². The molecule has 3 aromatic rings. The molecular weight excluding hydrogens is 428 g/mol. The summed E-state index contributed by atoms with van der Waals surface area (Å²) >= 11 is 0. The predicted molar refractivity (Wildman–Crippen MR) is 134 cm³/mol. The lowest BCUT2D eigenvalue weighted by Gasteiger charge is -2.09. The molecule has 0 radical (unpaired) electrons. The molecule has 0 aromatic heterocycles. The summed E-state index contributed by atoms with van der Waals surface area (Å²) in [4.78, 5) is 33.9. The highest BCUT2D eigenvalue weighted by Gasteiger charge is 2.12. The number of hydrogen-bond donors (Lipinski definition) is 4. The molecule has 5 rings (SSSR count). The Morgan fingerprint density at radius 1 is 0.588 bits per heavy atom. The maximum absolute atomic E-state index is 12.6. The summed E-state index contributed by atoms with van der Waals surface area (Å²) in [5.41, 5.74) is 4.33. The number of carbonyl (C=O) groups excluding carboxylic acids is 2. The summed E-state index contributed by atoms with van der Waals surface area (Å²) in [6, 6.07) is 21.7. The van der Waals surface area contributed by atoms with E-state index in [0.29, 0.717) is 22.5 Å². The minimum absolute atomic E-state index is 0.203. The van der Waals surface area contributed by atoms with Gasteiger partial charge < -0.3 is 21.3 Å². The summed E-state index contributed by atoms with van der Waals surface area (Å²) < 4.78 is 0. The van der Waals surface area contributed by atoms with Crippen LogP contribution in [0.2, 0.25) is 0 Å². The molecule has 2 amide bonds. The zero-order valence-electron chi connectivity index (χ0n) is 18.5. The van der Waals surface area contributed by atoms with Crippen molar-refractivity contribution in [2.24, 2.45) is 9.98 Å². The van der Waals surface area contributed by atoms with Crippen LogP contribution in [0.3, 0.4) is 0 Å². The van der Waals surface area contributed by atoms with E-state index in [2.05, 4.69) is 31.3 Å². The normalized spacial score (nSPS) is 14.5. The molecule has 0 bridgehead atoms. The number of anilines is 2. The third kappa shape index (κ3) is 4.80. The number of carbonyl (C=O) groups is 2. The zero-order chi connectivity index (χ0) is 23.3. The van der Waals surface area contributed by atoms with E-state index in [1.54, 1.807) is 48.5 Å². The fourth-order valence-electron chi connectivity index (χ4n) is 3.78. The first-order valence-electron chi connectivity index (χ1n) is 11.2. The number of amides is 2. The number of benzene rings is 3. The van der Waals surface area contributed by atoms with Gasteiger partial charge in [-0.25, -0.2) is 0 Å². The van der Waals surface area contributed by atoms with Crippen molar-refractivity contribution in [3.63, 3.8) is 0 Å². The molecule has 2 aliphatic heterocycles. The van der Waals surface area contributed by atoms with Crippen molar-refractivity contribution in [3.8, 4) is 0 Å². The summed E-state index contributed by atoms with van der Waals surface area (Å²) in [7, 11) is 0. The molecule has 34 heavy (non-hydrogen) atoms. The van der Waals surface area contributed by atoms with Crippen LogP contribution in [-0.4, -0.2) is 49.7 Å². The summed E-state index contributed by atoms with van der Waals surface area (Å²) in [5, 5.41) is 12.2. The molecule has 0 saturated heterocycles. The Morgan fingerprint density at radius 3 is 1.29 bits per heavy atom. The Balaban J connectivity index is 1.17. The van der Waals surface area contributed by atoms with Crippen LogP contribution in [0.15, 0.2) is 82.8 Å². The van der Waals surface area contributed by atoms with Crippen molar-refractivity contribution in [1.29, 1.82) is 0 Å². The van der Waals surface area contributed by atoms with E-state index in [1.807, 2.05) is 24.3 Å². The molecule has 8 heteroatoms. The van der Waals surface area contributed by atoms with Crippen molar-refractivity contribution in [2.45, 2.75) is 0 Å². The van der Waals surface area contributed by atoms with Gasteiger partial charge in [-0.3, -0.25) is 19.6 Å². The van der Waals surface area contributed by atoms with Crippen LogP contribution in [0.4, 0.5) is 11.4 Å². The fourth-order valence-corrected chi connectivity index (χ4v) is 3.78. The summed E-state index contributed by atoms with van der Waals surface area (Å²) in [6.07, 6.45) is 0. The minimum atomic E-state index is -0.203. The van der Waals surface area contributed by atoms with Gasteiger partial charge in [-0.2, -0.15) is 0 Å². The van der Waals surface area contributed by atoms with E-state index in [1.165, 1.54) is 0 Å². The molecule has 3 aromatic carbocycles. The number of amidine groups is 2. The quantitative estimate of drug-likeness (QED) is 0.461. The van der Waals surface area contributed by atoms with Gasteiger partial charge in [-0.1, -0.05) is 24.3 Å². The Hall–Kier alpha value is -4.46. The van der Waals surface area contributed by atoms with E-state index < -0.39 is 0 Å². The summed E-state index contributed by atoms with van der Waals surface area (Å²) in [6.45, 7) is 3.23. The standard InChI is InChI=1S/C26H24N6O2/c33-25(19-5-1-17(2-6-19)23-27-13-14-28-23)31-21-9-11-22(12-10-21)32-26(34)20-7-3-18(4-8-20)24-29-15-16-30-24/h1-12H,13-16H2,(H,27,28)(H,29,30)(H,31,33)(H,32,34). The molecule has 4 N–H and O–H groups in total. The maximum Gasteiger partial charge on any atom is 0.255 e. The lowest BCUT2D eigenvalue weighted by Crippen LogP contribution is -2.19. The molecule has 0 spiro atoms. The van der Waals surface area contributed by atoms with Crippen LogP contribution >= 0.6 is 0 Å². The van der Waals surface area contributed by atoms with Gasteiger partial charge in [0, 0.05) is 46.7 Å². The van der Waals surface area contributed by atoms with Gasteiger partial charge in [0.1, 0.15) is 11.7 Å². The smallest absolute Gasteiger partial charge is 0.255 e. The van der Waals surface area contributed by atoms with E-state index >= 15 is 0 Å². The molecule has 0 aliphatic carbocycles. The Morgan fingerprint density at radius 2 is 0.971 bits per heavy atom. The molecule has 0 fully saturated rings. The van der Waals surface area contributed by atoms with E-state index in [9.17, 15) is 9.59 Å². The molecule has 0 saturated carbocycles. The number of nitrogens with one attached hydrogen (secondary N) is 4. The largest absolute Gasteiger partial charge is 0.368 e. The molecular formula is C26H24N6O2. The monoisotopic (exact) mass is 452 g/mol. The van der Waals surface area contributed by atoms with Gasteiger partial charge in [0.25, 0.3) is 11.8 Å². The Kier molecular flexibility index (Phi) is 6.03. The van der Waals surface area contributed by atoms with E-state index in [0.717, 1.165) is 49.0 Å². The average molecular weight is 453 g/mol. The van der Waals surface area contributed by atoms with Crippen LogP contribution in [0.1, 0.15) is 31.8 Å². The second-order valence-corrected chi connectivity index (χ2v) is 7.95. The number of hydrogen-bond acceptors (Lipinski definition) is 6. The first-order chi connectivity index (χ1) is 16.7. The number of rotatable bonds is 6. The molecule has 2 heterocycles. The Labute approximate surface area is 197 Å². The van der Waals surface area contributed by atoms with Gasteiger partial charge >= 0.3 is 0 Å². The zero-order valence-corrected chi connectivity index (χ0v) is 18.5. The van der Waals surface area contributed by atoms with Crippen molar-refractivity contribution < 1.29 is 9.59 Å².